The topological polar surface area (TPSA) is 80.8 Å². The molecular weight excluding hydrogens is 498 g/mol. The van der Waals surface area contributed by atoms with E-state index >= 15 is 0 Å². The largest absolute Gasteiger partial charge is 0.368 e. The van der Waals surface area contributed by atoms with Crippen LogP contribution in [0.2, 0.25) is 0 Å². The molecule has 0 aromatic heterocycles. The standard InChI is InChI=1S/C32H57N7O/c1-7-8-9-10-11-12-13-14-15-16-20-38-32(30(31(33)40)37-23-21-36(6)22-24-37)39(35-34-38)29-27(25(2)3)18-17-19-28(29)26(4)5/h17-19,25-26,30,32H,7-16,20-24H2,1-6H3,(H2,33,40). The molecule has 0 spiro atoms. The summed E-state index contributed by atoms with van der Waals surface area (Å²) in [4.78, 5) is 17.8. The highest BCUT2D eigenvalue weighted by molar-refractivity contribution is 5.82. The SMILES string of the molecule is CCCCCCCCCCCCN1N=NN(c2c(C(C)C)cccc2C(C)C)C1C(C(N)=O)N1CCN(C)CC1. The fourth-order valence-electron chi connectivity index (χ4n) is 6.13. The van der Waals surface area contributed by atoms with Gasteiger partial charge in [-0.2, -0.15) is 0 Å². The summed E-state index contributed by atoms with van der Waals surface area (Å²) in [6.45, 7) is 15.4. The third kappa shape index (κ3) is 8.65. The first-order valence-electron chi connectivity index (χ1n) is 16.1. The highest BCUT2D eigenvalue weighted by Crippen LogP contribution is 2.40. The average molecular weight is 556 g/mol. The van der Waals surface area contributed by atoms with E-state index in [9.17, 15) is 4.79 Å². The second-order valence-electron chi connectivity index (χ2n) is 12.6. The molecule has 0 aliphatic carbocycles. The Morgan fingerprint density at radius 2 is 1.38 bits per heavy atom. The van der Waals surface area contributed by atoms with Crippen LogP contribution < -0.4 is 10.7 Å². The lowest BCUT2D eigenvalue weighted by molar-refractivity contribution is -0.126. The van der Waals surface area contributed by atoms with Gasteiger partial charge >= 0.3 is 0 Å². The highest BCUT2D eigenvalue weighted by atomic mass is 16.1. The van der Waals surface area contributed by atoms with E-state index < -0.39 is 6.04 Å². The van der Waals surface area contributed by atoms with Crippen LogP contribution in [0, 0.1) is 0 Å². The molecule has 8 nitrogen and oxygen atoms in total. The Hall–Kier alpha value is -2.19. The van der Waals surface area contributed by atoms with Crippen LogP contribution in [0.3, 0.4) is 0 Å². The molecule has 2 N–H and O–H groups in total. The molecule has 8 heteroatoms. The molecule has 2 aliphatic rings. The van der Waals surface area contributed by atoms with E-state index in [1.165, 1.54) is 68.9 Å². The molecule has 1 aromatic carbocycles. The molecule has 0 radical (unpaired) electrons. The third-order valence-electron chi connectivity index (χ3n) is 8.62. The Balaban J connectivity index is 1.78. The summed E-state index contributed by atoms with van der Waals surface area (Å²) in [5, 5.41) is 13.6. The van der Waals surface area contributed by atoms with Gasteiger partial charge in [-0.15, -0.1) is 0 Å². The van der Waals surface area contributed by atoms with Crippen molar-refractivity contribution in [3.05, 3.63) is 29.3 Å². The number of rotatable bonds is 17. The van der Waals surface area contributed by atoms with Crippen LogP contribution in [0.1, 0.15) is 122 Å². The number of piperazine rings is 1. The first-order valence-corrected chi connectivity index (χ1v) is 16.1. The molecule has 2 atom stereocenters. The van der Waals surface area contributed by atoms with Crippen molar-refractivity contribution in [1.29, 1.82) is 0 Å². The summed E-state index contributed by atoms with van der Waals surface area (Å²) in [7, 11) is 2.13. The highest BCUT2D eigenvalue weighted by Gasteiger charge is 2.45. The van der Waals surface area contributed by atoms with E-state index in [1.807, 2.05) is 5.01 Å². The van der Waals surface area contributed by atoms with E-state index in [1.54, 1.807) is 0 Å². The Morgan fingerprint density at radius 3 is 1.88 bits per heavy atom. The number of nitrogens with zero attached hydrogens (tertiary/aromatic N) is 6. The molecule has 2 heterocycles. The van der Waals surface area contributed by atoms with Crippen molar-refractivity contribution in [1.82, 2.24) is 14.8 Å². The van der Waals surface area contributed by atoms with E-state index in [4.69, 9.17) is 16.2 Å². The van der Waals surface area contributed by atoms with Gasteiger partial charge in [0.1, 0.15) is 6.04 Å². The summed E-state index contributed by atoms with van der Waals surface area (Å²) in [6, 6.07) is 6.04. The zero-order chi connectivity index (χ0) is 29.1. The zero-order valence-electron chi connectivity index (χ0n) is 26.3. The number of para-hydroxylation sites is 1. The van der Waals surface area contributed by atoms with Crippen LogP contribution in [0.5, 0.6) is 0 Å². The van der Waals surface area contributed by atoms with Crippen molar-refractivity contribution in [3.63, 3.8) is 0 Å². The number of anilines is 1. The number of amides is 1. The number of likely N-dealkylation sites (N-methyl/N-ethyl adjacent to an activating group) is 1. The first-order chi connectivity index (χ1) is 19.3. The minimum absolute atomic E-state index is 0.298. The summed E-state index contributed by atoms with van der Waals surface area (Å²) in [5.74, 6) is 0.334. The van der Waals surface area contributed by atoms with Crippen LogP contribution in [0.15, 0.2) is 28.6 Å². The van der Waals surface area contributed by atoms with Gasteiger partial charge in [0.05, 0.1) is 5.69 Å². The number of nitrogens with two attached hydrogens (primary N) is 1. The van der Waals surface area contributed by atoms with Gasteiger partial charge in [0, 0.05) is 32.7 Å². The molecule has 40 heavy (non-hydrogen) atoms. The van der Waals surface area contributed by atoms with Crippen molar-refractivity contribution >= 4 is 11.6 Å². The van der Waals surface area contributed by atoms with E-state index in [-0.39, 0.29) is 12.1 Å². The molecule has 0 saturated carbocycles. The van der Waals surface area contributed by atoms with Crippen molar-refractivity contribution < 1.29 is 4.79 Å². The molecule has 226 valence electrons. The van der Waals surface area contributed by atoms with Crippen molar-refractivity contribution in [2.24, 2.45) is 16.2 Å². The van der Waals surface area contributed by atoms with Crippen molar-refractivity contribution in [2.45, 2.75) is 123 Å². The van der Waals surface area contributed by atoms with Gasteiger partial charge in [-0.25, -0.2) is 5.01 Å². The van der Waals surface area contributed by atoms with Gasteiger partial charge in [-0.05, 0) is 41.7 Å². The minimum atomic E-state index is -0.493. The lowest BCUT2D eigenvalue weighted by atomic mass is 9.91. The van der Waals surface area contributed by atoms with Gasteiger partial charge in [0.25, 0.3) is 0 Å². The van der Waals surface area contributed by atoms with Crippen LogP contribution >= 0.6 is 0 Å². The molecule has 1 saturated heterocycles. The van der Waals surface area contributed by atoms with Gasteiger partial charge in [0.2, 0.25) is 5.91 Å². The summed E-state index contributed by atoms with van der Waals surface area (Å²) < 4.78 is 0. The maximum absolute atomic E-state index is 13.2. The Kier molecular flexibility index (Phi) is 13.2. The van der Waals surface area contributed by atoms with E-state index in [2.05, 4.69) is 74.7 Å². The lowest BCUT2D eigenvalue weighted by Gasteiger charge is -2.43. The molecule has 1 aromatic rings. The molecule has 2 unspecified atom stereocenters. The third-order valence-corrected chi connectivity index (χ3v) is 8.62. The van der Waals surface area contributed by atoms with Gasteiger partial charge in [-0.1, -0.05) is 116 Å². The fourth-order valence-corrected chi connectivity index (χ4v) is 6.13. The normalized spacial score (nSPS) is 19.4. The first kappa shape index (κ1) is 32.3. The maximum atomic E-state index is 13.2. The molecule has 1 fully saturated rings. The Bertz CT molecular complexity index is 900. The van der Waals surface area contributed by atoms with Gasteiger partial charge < -0.3 is 10.6 Å². The predicted octanol–water partition coefficient (Wildman–Crippen LogP) is 6.69. The van der Waals surface area contributed by atoms with Gasteiger partial charge in [-0.3, -0.25) is 14.7 Å². The molecule has 1 amide bonds. The second-order valence-corrected chi connectivity index (χ2v) is 12.6. The number of carbonyl (C=O) groups is 1. The number of carbonyl (C=O) groups excluding carboxylic acids is 1. The Morgan fingerprint density at radius 1 is 0.850 bits per heavy atom. The summed E-state index contributed by atoms with van der Waals surface area (Å²) in [6.07, 6.45) is 12.5. The number of hydrogen-bond donors (Lipinski definition) is 1. The second kappa shape index (κ2) is 16.3. The summed E-state index contributed by atoms with van der Waals surface area (Å²) in [5.41, 5.74) is 9.76. The molecule has 3 rings (SSSR count). The van der Waals surface area contributed by atoms with Crippen molar-refractivity contribution in [2.75, 3.05) is 44.8 Å². The number of hydrogen-bond acceptors (Lipinski definition) is 7. The van der Waals surface area contributed by atoms with Crippen molar-refractivity contribution in [3.8, 4) is 0 Å². The number of benzene rings is 1. The Labute approximate surface area is 244 Å². The smallest absolute Gasteiger partial charge is 0.239 e. The van der Waals surface area contributed by atoms with Crippen LogP contribution in [-0.2, 0) is 4.79 Å². The quantitative estimate of drug-likeness (QED) is 0.217. The van der Waals surface area contributed by atoms with Crippen LogP contribution in [0.25, 0.3) is 0 Å². The minimum Gasteiger partial charge on any atom is -0.368 e. The molecule has 2 aliphatic heterocycles. The van der Waals surface area contributed by atoms with Crippen LogP contribution in [-0.4, -0.2) is 72.7 Å². The average Bonchev–Trinajstić information content (AvgIpc) is 3.33. The number of unbranched alkanes of at least 4 members (excludes halogenated alkanes) is 9. The predicted molar refractivity (Wildman–Crippen MR) is 166 cm³/mol. The van der Waals surface area contributed by atoms with Gasteiger partial charge in [0.15, 0.2) is 6.17 Å². The maximum Gasteiger partial charge on any atom is 0.239 e. The molecular formula is C32H57N7O. The van der Waals surface area contributed by atoms with E-state index in [0.29, 0.717) is 11.8 Å². The fraction of sp³-hybridized carbons (Fsp3) is 0.781. The molecule has 0 bridgehead atoms. The number of primary amides is 1. The summed E-state index contributed by atoms with van der Waals surface area (Å²) >= 11 is 0. The van der Waals surface area contributed by atoms with Crippen LogP contribution in [0.4, 0.5) is 5.69 Å². The van der Waals surface area contributed by atoms with E-state index in [0.717, 1.165) is 44.8 Å². The monoisotopic (exact) mass is 555 g/mol. The lowest BCUT2D eigenvalue weighted by Crippen LogP contribution is -2.63. The zero-order valence-corrected chi connectivity index (χ0v) is 26.3.